The zero-order valence-electron chi connectivity index (χ0n) is 21.6. The largest absolute Gasteiger partial charge is 0.471 e. The predicted molar refractivity (Wildman–Crippen MR) is 125 cm³/mol. The Morgan fingerprint density at radius 2 is 1.92 bits per heavy atom. The average Bonchev–Trinajstić information content (AvgIpc) is 3.29. The van der Waals surface area contributed by atoms with Crippen LogP contribution in [0.2, 0.25) is 0 Å². The minimum Gasteiger partial charge on any atom is -0.338 e. The monoisotopic (exact) mass is 522 g/mol. The standard InChI is InChI=1S/C25H33F3N6O3/c1-23(2,3)19(32-22(37)25(26,27)28)21(36)33-12-16-17(24(16,4)5)18(33)20(35)31-13(11-29)10-15-7-6-14-8-9-30-34(14)15/h8-9,13,15-19H,6-7,10,12H2,1-5H3,(H,31,35)(H,32,37)/t13-,15-,16+,17+,18+,19-/m1/s1. The van der Waals surface area contributed by atoms with Gasteiger partial charge in [0.05, 0.1) is 12.1 Å². The second kappa shape index (κ2) is 9.03. The topological polar surface area (TPSA) is 120 Å². The number of piperidine rings is 1. The summed E-state index contributed by atoms with van der Waals surface area (Å²) in [6.07, 6.45) is -1.47. The zero-order chi connectivity index (χ0) is 27.5. The molecule has 1 saturated heterocycles. The van der Waals surface area contributed by atoms with Gasteiger partial charge in [-0.25, -0.2) is 0 Å². The Bertz CT molecular complexity index is 1130. The van der Waals surface area contributed by atoms with Crippen molar-refractivity contribution in [1.29, 1.82) is 5.26 Å². The van der Waals surface area contributed by atoms with Crippen LogP contribution in [0, 0.1) is 34.0 Å². The number of nitrogens with zero attached hydrogens (tertiary/aromatic N) is 4. The van der Waals surface area contributed by atoms with Crippen molar-refractivity contribution in [2.45, 2.75) is 84.2 Å². The molecule has 0 aromatic carbocycles. The second-order valence-corrected chi connectivity index (χ2v) is 12.0. The van der Waals surface area contributed by atoms with Crippen molar-refractivity contribution >= 4 is 17.7 Å². The normalized spacial score (nSPS) is 27.5. The number of amides is 3. The quantitative estimate of drug-likeness (QED) is 0.594. The Labute approximate surface area is 213 Å². The molecule has 0 radical (unpaired) electrons. The van der Waals surface area contributed by atoms with E-state index in [1.165, 1.54) is 4.90 Å². The lowest BCUT2D eigenvalue weighted by atomic mass is 9.85. The van der Waals surface area contributed by atoms with Gasteiger partial charge in [0.25, 0.3) is 0 Å². The van der Waals surface area contributed by atoms with Crippen molar-refractivity contribution in [3.8, 4) is 6.07 Å². The van der Waals surface area contributed by atoms with Crippen LogP contribution in [0.15, 0.2) is 12.3 Å². The molecule has 6 atom stereocenters. The van der Waals surface area contributed by atoms with Crippen LogP contribution in [-0.2, 0) is 20.8 Å². The number of fused-ring (bicyclic) bond motifs is 2. The first-order chi connectivity index (χ1) is 17.1. The molecule has 0 unspecified atom stereocenters. The van der Waals surface area contributed by atoms with Crippen LogP contribution in [0.3, 0.4) is 0 Å². The van der Waals surface area contributed by atoms with E-state index in [1.807, 2.05) is 29.9 Å². The van der Waals surface area contributed by atoms with E-state index in [9.17, 15) is 32.8 Å². The van der Waals surface area contributed by atoms with Gasteiger partial charge in [-0.05, 0) is 41.6 Å². The van der Waals surface area contributed by atoms with Crippen LogP contribution in [0.5, 0.6) is 0 Å². The molecule has 3 heterocycles. The minimum absolute atomic E-state index is 0.00636. The molecule has 1 saturated carbocycles. The predicted octanol–water partition coefficient (Wildman–Crippen LogP) is 2.35. The van der Waals surface area contributed by atoms with Gasteiger partial charge in [0.15, 0.2) is 0 Å². The number of hydrogen-bond donors (Lipinski definition) is 2. The molecule has 2 aliphatic heterocycles. The summed E-state index contributed by atoms with van der Waals surface area (Å²) in [6, 6.07) is 0.755. The maximum atomic E-state index is 13.6. The Morgan fingerprint density at radius 1 is 1.24 bits per heavy atom. The van der Waals surface area contributed by atoms with Crippen molar-refractivity contribution < 1.29 is 27.6 Å². The molecule has 3 amide bonds. The van der Waals surface area contributed by atoms with Gasteiger partial charge >= 0.3 is 12.1 Å². The lowest BCUT2D eigenvalue weighted by Crippen LogP contribution is -2.61. The first-order valence-corrected chi connectivity index (χ1v) is 12.5. The Morgan fingerprint density at radius 3 is 2.51 bits per heavy atom. The van der Waals surface area contributed by atoms with E-state index >= 15 is 0 Å². The number of carbonyl (C=O) groups excluding carboxylic acids is 3. The van der Waals surface area contributed by atoms with E-state index in [1.54, 1.807) is 27.0 Å². The zero-order valence-corrected chi connectivity index (χ0v) is 21.6. The summed E-state index contributed by atoms with van der Waals surface area (Å²) in [5.41, 5.74) is -0.208. The molecule has 4 rings (SSSR count). The summed E-state index contributed by atoms with van der Waals surface area (Å²) in [5, 5.41) is 18.7. The number of aromatic nitrogens is 2. The number of likely N-dealkylation sites (tertiary alicyclic amines) is 1. The second-order valence-electron chi connectivity index (χ2n) is 12.0. The number of nitrogens with one attached hydrogen (secondary N) is 2. The number of hydrogen-bond acceptors (Lipinski definition) is 5. The third kappa shape index (κ3) is 4.92. The molecular weight excluding hydrogens is 489 g/mol. The molecule has 2 fully saturated rings. The Kier molecular flexibility index (Phi) is 6.57. The van der Waals surface area contributed by atoms with Crippen molar-refractivity contribution in [3.05, 3.63) is 18.0 Å². The number of halogens is 3. The lowest BCUT2D eigenvalue weighted by molar-refractivity contribution is -0.176. The minimum atomic E-state index is -5.15. The van der Waals surface area contributed by atoms with Crippen LogP contribution >= 0.6 is 0 Å². The number of aryl methyl sites for hydroxylation is 1. The van der Waals surface area contributed by atoms with Crippen molar-refractivity contribution in [3.63, 3.8) is 0 Å². The molecule has 0 spiro atoms. The van der Waals surface area contributed by atoms with E-state index < -0.39 is 47.4 Å². The fraction of sp³-hybridized carbons (Fsp3) is 0.720. The van der Waals surface area contributed by atoms with Gasteiger partial charge in [0.1, 0.15) is 18.1 Å². The molecule has 1 aromatic heterocycles. The number of carbonyl (C=O) groups is 3. The van der Waals surface area contributed by atoms with Gasteiger partial charge in [0, 0.05) is 24.9 Å². The van der Waals surface area contributed by atoms with E-state index in [-0.39, 0.29) is 29.8 Å². The molecule has 3 aliphatic rings. The highest BCUT2D eigenvalue weighted by Gasteiger charge is 2.70. The Hall–Kier alpha value is -3.10. The lowest BCUT2D eigenvalue weighted by Gasteiger charge is -2.37. The molecule has 1 aliphatic carbocycles. The highest BCUT2D eigenvalue weighted by atomic mass is 19.4. The summed E-state index contributed by atoms with van der Waals surface area (Å²) in [7, 11) is 0. The van der Waals surface area contributed by atoms with Gasteiger partial charge < -0.3 is 15.5 Å². The van der Waals surface area contributed by atoms with Crippen LogP contribution in [0.1, 0.15) is 59.2 Å². The van der Waals surface area contributed by atoms with E-state index in [0.29, 0.717) is 6.42 Å². The van der Waals surface area contributed by atoms with Gasteiger partial charge in [-0.2, -0.15) is 23.5 Å². The van der Waals surface area contributed by atoms with Crippen molar-refractivity contribution in [1.82, 2.24) is 25.3 Å². The van der Waals surface area contributed by atoms with Crippen molar-refractivity contribution in [2.75, 3.05) is 6.54 Å². The van der Waals surface area contributed by atoms with Crippen LogP contribution < -0.4 is 10.6 Å². The van der Waals surface area contributed by atoms with Crippen molar-refractivity contribution in [2.24, 2.45) is 22.7 Å². The fourth-order valence-corrected chi connectivity index (χ4v) is 6.04. The third-order valence-corrected chi connectivity index (χ3v) is 8.22. The summed E-state index contributed by atoms with van der Waals surface area (Å²) in [6.45, 7) is 8.82. The number of alkyl halides is 3. The highest BCUT2D eigenvalue weighted by molar-refractivity contribution is 5.95. The maximum Gasteiger partial charge on any atom is 0.471 e. The number of nitriles is 1. The summed E-state index contributed by atoms with van der Waals surface area (Å²) >= 11 is 0. The van der Waals surface area contributed by atoms with Gasteiger partial charge in [0.2, 0.25) is 11.8 Å². The molecule has 2 N–H and O–H groups in total. The maximum absolute atomic E-state index is 13.6. The number of rotatable bonds is 6. The van der Waals surface area contributed by atoms with Crippen LogP contribution in [0.25, 0.3) is 0 Å². The summed E-state index contributed by atoms with van der Waals surface area (Å²) in [5.74, 6) is -3.65. The van der Waals surface area contributed by atoms with Gasteiger partial charge in [-0.15, -0.1) is 0 Å². The van der Waals surface area contributed by atoms with E-state index in [0.717, 1.165) is 18.5 Å². The summed E-state index contributed by atoms with van der Waals surface area (Å²) < 4.78 is 40.9. The van der Waals surface area contributed by atoms with Crippen LogP contribution in [-0.4, -0.2) is 63.2 Å². The smallest absolute Gasteiger partial charge is 0.338 e. The molecule has 37 heavy (non-hydrogen) atoms. The first kappa shape index (κ1) is 26.9. The molecule has 0 bridgehead atoms. The molecule has 1 aromatic rings. The third-order valence-electron chi connectivity index (χ3n) is 8.22. The van der Waals surface area contributed by atoms with E-state index in [2.05, 4.69) is 16.5 Å². The molecular formula is C25H33F3N6O3. The summed E-state index contributed by atoms with van der Waals surface area (Å²) in [4.78, 5) is 40.1. The fourth-order valence-electron chi connectivity index (χ4n) is 6.04. The first-order valence-electron chi connectivity index (χ1n) is 12.5. The molecule has 202 valence electrons. The highest BCUT2D eigenvalue weighted by Crippen LogP contribution is 2.65. The van der Waals surface area contributed by atoms with E-state index in [4.69, 9.17) is 0 Å². The SMILES string of the molecule is CC(C)(C)[C@H](NC(=O)C(F)(F)F)C(=O)N1C[C@H]2[C@@H]([C@H]1C(=O)N[C@@H](C#N)C[C@H]1CCc3ccnn31)C2(C)C. The van der Waals surface area contributed by atoms with Gasteiger partial charge in [-0.1, -0.05) is 34.6 Å². The van der Waals surface area contributed by atoms with Crippen LogP contribution in [0.4, 0.5) is 13.2 Å². The average molecular weight is 523 g/mol. The van der Waals surface area contributed by atoms with Gasteiger partial charge in [-0.3, -0.25) is 19.1 Å². The molecule has 12 heteroatoms. The Balaban J connectivity index is 1.52. The molecule has 9 nitrogen and oxygen atoms in total.